The molecule has 1 saturated heterocycles. The molecule has 2 aliphatic rings. The lowest BCUT2D eigenvalue weighted by Gasteiger charge is -2.19. The molecule has 1 atom stereocenters. The number of carbonyl (C=O) groups excluding carboxylic acids is 1. The van der Waals surface area contributed by atoms with Crippen molar-refractivity contribution < 1.29 is 4.79 Å². The first-order valence-corrected chi connectivity index (χ1v) is 5.61. The lowest BCUT2D eigenvalue weighted by Crippen LogP contribution is -2.40. The van der Waals surface area contributed by atoms with Gasteiger partial charge in [0.2, 0.25) is 0 Å². The second kappa shape index (κ2) is 3.70. The summed E-state index contributed by atoms with van der Waals surface area (Å²) < 4.78 is 0. The highest BCUT2D eigenvalue weighted by Gasteiger charge is 2.49. The number of hydrogen-bond acceptors (Lipinski definition) is 3. The minimum absolute atomic E-state index is 0. The van der Waals surface area contributed by atoms with Gasteiger partial charge in [0.15, 0.2) is 4.87 Å². The molecule has 1 fully saturated rings. The van der Waals surface area contributed by atoms with Gasteiger partial charge in [0.05, 0.1) is 0 Å². The topological polar surface area (TPSA) is 41.1 Å². The van der Waals surface area contributed by atoms with Gasteiger partial charge in [-0.25, -0.2) is 0 Å². The van der Waals surface area contributed by atoms with Crippen molar-refractivity contribution in [3.8, 4) is 0 Å². The lowest BCUT2D eigenvalue weighted by molar-refractivity contribution is -0.118. The van der Waals surface area contributed by atoms with E-state index in [9.17, 15) is 4.79 Å². The molecule has 5 heteroatoms. The third kappa shape index (κ3) is 1.36. The molecule has 1 spiro atoms. The molecule has 3 nitrogen and oxygen atoms in total. The summed E-state index contributed by atoms with van der Waals surface area (Å²) in [4.78, 5) is 11.4. The van der Waals surface area contributed by atoms with E-state index in [0.717, 1.165) is 23.5 Å². The van der Waals surface area contributed by atoms with E-state index in [1.165, 1.54) is 0 Å². The molecule has 0 saturated carbocycles. The van der Waals surface area contributed by atoms with Gasteiger partial charge in [0, 0.05) is 23.5 Å². The zero-order chi connectivity index (χ0) is 9.60. The van der Waals surface area contributed by atoms with Gasteiger partial charge in [-0.15, -0.1) is 24.2 Å². The van der Waals surface area contributed by atoms with Gasteiger partial charge in [-0.2, -0.15) is 0 Å². The number of nitrogens with one attached hydrogen (secondary N) is 2. The summed E-state index contributed by atoms with van der Waals surface area (Å²) in [6, 6.07) is 7.88. The highest BCUT2D eigenvalue weighted by molar-refractivity contribution is 8.01. The molecule has 1 aromatic rings. The van der Waals surface area contributed by atoms with Crippen molar-refractivity contribution in [2.45, 2.75) is 4.87 Å². The molecule has 0 bridgehead atoms. The van der Waals surface area contributed by atoms with E-state index < -0.39 is 4.87 Å². The van der Waals surface area contributed by atoms with Crippen LogP contribution in [0.15, 0.2) is 24.3 Å². The molecule has 15 heavy (non-hydrogen) atoms. The average molecular weight is 243 g/mol. The van der Waals surface area contributed by atoms with Crippen LogP contribution in [0.25, 0.3) is 0 Å². The van der Waals surface area contributed by atoms with Crippen molar-refractivity contribution >= 4 is 35.8 Å². The number of carbonyl (C=O) groups is 1. The Morgan fingerprint density at radius 2 is 2.13 bits per heavy atom. The largest absolute Gasteiger partial charge is 0.323 e. The van der Waals surface area contributed by atoms with Crippen molar-refractivity contribution in [3.05, 3.63) is 29.8 Å². The molecule has 3 rings (SSSR count). The van der Waals surface area contributed by atoms with Crippen LogP contribution in [0.5, 0.6) is 0 Å². The molecule has 0 radical (unpaired) electrons. The Bertz CT molecular complexity index is 404. The number of halogens is 1. The molecule has 80 valence electrons. The van der Waals surface area contributed by atoms with Crippen LogP contribution >= 0.6 is 24.2 Å². The first kappa shape index (κ1) is 10.8. The van der Waals surface area contributed by atoms with Crippen LogP contribution in [0.3, 0.4) is 0 Å². The van der Waals surface area contributed by atoms with Crippen molar-refractivity contribution in [3.63, 3.8) is 0 Å². The Hall–Kier alpha value is -0.710. The minimum atomic E-state index is -0.503. The fraction of sp³-hybridized carbons (Fsp3) is 0.300. The Morgan fingerprint density at radius 1 is 1.33 bits per heavy atom. The van der Waals surface area contributed by atoms with Gasteiger partial charge in [0.1, 0.15) is 0 Å². The SMILES string of the molecule is Cl.O=C1Nc2ccccc2C12NCCS2. The summed E-state index contributed by atoms with van der Waals surface area (Å²) in [7, 11) is 0. The summed E-state index contributed by atoms with van der Waals surface area (Å²) >= 11 is 1.68. The van der Waals surface area contributed by atoms with Crippen LogP contribution in [0.2, 0.25) is 0 Å². The van der Waals surface area contributed by atoms with E-state index in [1.54, 1.807) is 11.8 Å². The van der Waals surface area contributed by atoms with Crippen LogP contribution in [0.1, 0.15) is 5.56 Å². The van der Waals surface area contributed by atoms with E-state index in [0.29, 0.717) is 0 Å². The van der Waals surface area contributed by atoms with Crippen LogP contribution in [0, 0.1) is 0 Å². The number of amides is 1. The van der Waals surface area contributed by atoms with Gasteiger partial charge < -0.3 is 5.32 Å². The zero-order valence-electron chi connectivity index (χ0n) is 7.95. The molecule has 1 amide bonds. The summed E-state index contributed by atoms with van der Waals surface area (Å²) in [5.41, 5.74) is 2.02. The Balaban J connectivity index is 0.000000853. The highest BCUT2D eigenvalue weighted by atomic mass is 35.5. The molecule has 2 N–H and O–H groups in total. The maximum absolute atomic E-state index is 11.9. The van der Waals surface area contributed by atoms with Gasteiger partial charge >= 0.3 is 0 Å². The Labute approximate surface area is 98.4 Å². The van der Waals surface area contributed by atoms with Crippen LogP contribution in [0.4, 0.5) is 5.69 Å². The predicted octanol–water partition coefficient (Wildman–Crippen LogP) is 1.55. The van der Waals surface area contributed by atoms with Crippen LogP contribution in [-0.4, -0.2) is 18.2 Å². The van der Waals surface area contributed by atoms with E-state index in [1.807, 2.05) is 24.3 Å². The van der Waals surface area contributed by atoms with E-state index in [-0.39, 0.29) is 18.3 Å². The summed E-state index contributed by atoms with van der Waals surface area (Å²) in [5, 5.41) is 6.20. The van der Waals surface area contributed by atoms with Crippen LogP contribution in [-0.2, 0) is 9.67 Å². The molecular weight excluding hydrogens is 232 g/mol. The van der Waals surface area contributed by atoms with E-state index >= 15 is 0 Å². The Kier molecular flexibility index (Phi) is 2.66. The van der Waals surface area contributed by atoms with Crippen molar-refractivity contribution in [1.82, 2.24) is 5.32 Å². The Morgan fingerprint density at radius 3 is 2.87 bits per heavy atom. The van der Waals surface area contributed by atoms with Crippen LogP contribution < -0.4 is 10.6 Å². The maximum Gasteiger partial charge on any atom is 0.259 e. The molecule has 1 aromatic carbocycles. The number of para-hydroxylation sites is 1. The summed E-state index contributed by atoms with van der Waals surface area (Å²) in [6.45, 7) is 0.895. The fourth-order valence-electron chi connectivity index (χ4n) is 2.03. The fourth-order valence-corrected chi connectivity index (χ4v) is 3.26. The maximum atomic E-state index is 11.9. The third-order valence-corrected chi connectivity index (χ3v) is 4.06. The lowest BCUT2D eigenvalue weighted by atomic mass is 10.1. The van der Waals surface area contributed by atoms with Gasteiger partial charge in [0.25, 0.3) is 5.91 Å². The van der Waals surface area contributed by atoms with Gasteiger partial charge in [-0.3, -0.25) is 10.1 Å². The number of benzene rings is 1. The number of rotatable bonds is 0. The standard InChI is InChI=1S/C10H10N2OS.ClH/c13-9-10(11-5-6-14-10)7-3-1-2-4-8(7)12-9;/h1-4,11H,5-6H2,(H,12,13);1H. The molecule has 2 aliphatic heterocycles. The number of hydrogen-bond donors (Lipinski definition) is 2. The second-order valence-corrected chi connectivity index (χ2v) is 4.77. The molecule has 0 aromatic heterocycles. The molecule has 0 aliphatic carbocycles. The van der Waals surface area contributed by atoms with E-state index in [2.05, 4.69) is 10.6 Å². The normalized spacial score (nSPS) is 27.3. The predicted molar refractivity (Wildman–Crippen MR) is 64.5 cm³/mol. The van der Waals surface area contributed by atoms with Gasteiger partial charge in [-0.05, 0) is 6.07 Å². The quantitative estimate of drug-likeness (QED) is 0.725. The van der Waals surface area contributed by atoms with Gasteiger partial charge in [-0.1, -0.05) is 18.2 Å². The summed E-state index contributed by atoms with van der Waals surface area (Å²) in [5.74, 6) is 1.06. The molecule has 2 heterocycles. The zero-order valence-corrected chi connectivity index (χ0v) is 9.58. The van der Waals surface area contributed by atoms with Crippen molar-refractivity contribution in [2.75, 3.05) is 17.6 Å². The minimum Gasteiger partial charge on any atom is -0.323 e. The monoisotopic (exact) mass is 242 g/mol. The first-order chi connectivity index (χ1) is 6.83. The number of anilines is 1. The second-order valence-electron chi connectivity index (χ2n) is 3.46. The average Bonchev–Trinajstić information content (AvgIpc) is 2.77. The smallest absolute Gasteiger partial charge is 0.259 e. The number of thioether (sulfide) groups is 1. The van der Waals surface area contributed by atoms with Crippen molar-refractivity contribution in [1.29, 1.82) is 0 Å². The molecular formula is C10H11ClN2OS. The number of fused-ring (bicyclic) bond motifs is 2. The molecule has 1 unspecified atom stereocenters. The third-order valence-electron chi connectivity index (χ3n) is 2.67. The van der Waals surface area contributed by atoms with E-state index in [4.69, 9.17) is 0 Å². The highest BCUT2D eigenvalue weighted by Crippen LogP contribution is 2.45. The first-order valence-electron chi connectivity index (χ1n) is 4.63. The van der Waals surface area contributed by atoms with Crippen molar-refractivity contribution in [2.24, 2.45) is 0 Å². The summed E-state index contributed by atoms with van der Waals surface area (Å²) in [6.07, 6.45) is 0.